The van der Waals surface area contributed by atoms with Crippen molar-refractivity contribution in [3.63, 3.8) is 0 Å². The lowest BCUT2D eigenvalue weighted by Crippen LogP contribution is -2.48. The van der Waals surface area contributed by atoms with Crippen LogP contribution in [0.2, 0.25) is 0 Å². The van der Waals surface area contributed by atoms with Gasteiger partial charge in [0.25, 0.3) is 0 Å². The van der Waals surface area contributed by atoms with Gasteiger partial charge in [-0.15, -0.1) is 0 Å². The number of rotatable bonds is 6. The van der Waals surface area contributed by atoms with Gasteiger partial charge in [0.05, 0.1) is 19.8 Å². The number of fused-ring (bicyclic) bond motifs is 3. The fraction of sp³-hybridized carbons (Fsp3) is 0.138. The number of benzene rings is 7. The molecule has 2 unspecified atom stereocenters. The van der Waals surface area contributed by atoms with E-state index in [0.717, 1.165) is 31.6 Å². The second-order valence-electron chi connectivity index (χ2n) is 18.3. The van der Waals surface area contributed by atoms with Gasteiger partial charge >= 0.3 is 0 Å². The molecule has 0 spiro atoms. The Morgan fingerprint density at radius 1 is 0.529 bits per heavy atom. The highest BCUT2D eigenvalue weighted by Gasteiger charge is 2.41. The Kier molecular flexibility index (Phi) is 11.6. The van der Waals surface area contributed by atoms with E-state index in [1.165, 1.54) is 98.6 Å². The summed E-state index contributed by atoms with van der Waals surface area (Å²) in [7, 11) is 0. The normalized spacial score (nSPS) is 17.7. The molecule has 0 bridgehead atoms. The van der Waals surface area contributed by atoms with Crippen LogP contribution in [-0.4, -0.2) is 12.6 Å². The molecule has 2 aromatic heterocycles. The molecule has 1 aliphatic rings. The molecule has 0 saturated carbocycles. The lowest BCUT2D eigenvalue weighted by molar-refractivity contribution is 0.673. The number of hydrogen-bond acceptors (Lipinski definition) is 0. The third-order valence-electron chi connectivity index (χ3n) is 14.8. The molecular weight excluding hydrogens is 936 g/mol. The summed E-state index contributed by atoms with van der Waals surface area (Å²) in [5, 5.41) is 16.0. The molecule has 2 atom stereocenters. The van der Waals surface area contributed by atoms with Crippen molar-refractivity contribution in [1.29, 1.82) is 0 Å². The summed E-state index contributed by atoms with van der Waals surface area (Å²) in [5.74, 6) is 0.0410. The van der Waals surface area contributed by atoms with Crippen LogP contribution in [0.15, 0.2) is 170 Å². The van der Waals surface area contributed by atoms with Crippen molar-refractivity contribution in [1.82, 2.24) is 9.13 Å². The molecule has 0 fully saturated rings. The van der Waals surface area contributed by atoms with Crippen LogP contribution in [0.5, 0.6) is 0 Å². The van der Waals surface area contributed by atoms with Crippen LogP contribution in [0.4, 0.5) is 0 Å². The van der Waals surface area contributed by atoms with Crippen LogP contribution in [0.25, 0.3) is 74.9 Å². The molecular formula is C65H57IN2. The second-order valence-corrected chi connectivity index (χ2v) is 20.6. The molecule has 68 heavy (non-hydrogen) atoms. The summed E-state index contributed by atoms with van der Waals surface area (Å²) in [6, 6.07) is 53.1. The average molecular weight is 993 g/mol. The minimum atomic E-state index is -0.384. The number of hydrogen-bond donors (Lipinski definition) is 0. The van der Waals surface area contributed by atoms with Crippen molar-refractivity contribution < 1.29 is 0 Å². The van der Waals surface area contributed by atoms with Crippen molar-refractivity contribution in [3.8, 4) is 16.8 Å². The molecule has 334 valence electrons. The van der Waals surface area contributed by atoms with Crippen LogP contribution in [0, 0.1) is 54.7 Å². The summed E-state index contributed by atoms with van der Waals surface area (Å²) in [4.78, 5) is 0. The zero-order valence-corrected chi connectivity index (χ0v) is 42.4. The summed E-state index contributed by atoms with van der Waals surface area (Å²) >= 11 is 2.74. The first-order valence-corrected chi connectivity index (χ1v) is 24.7. The van der Waals surface area contributed by atoms with Gasteiger partial charge in [0, 0.05) is 49.4 Å². The average Bonchev–Trinajstić information content (AvgIpc) is 3.75. The zero-order chi connectivity index (χ0) is 47.6. The lowest BCUT2D eigenvalue weighted by Gasteiger charge is -2.39. The summed E-state index contributed by atoms with van der Waals surface area (Å²) in [6.07, 6.45) is 10.9. The van der Waals surface area contributed by atoms with E-state index in [4.69, 9.17) is 13.2 Å². The fourth-order valence-corrected chi connectivity index (χ4v) is 12.4. The maximum absolute atomic E-state index is 4.96. The topological polar surface area (TPSA) is 9.86 Å². The Morgan fingerprint density at radius 3 is 1.49 bits per heavy atom. The van der Waals surface area contributed by atoms with Gasteiger partial charge in [0.1, 0.15) is 0 Å². The lowest BCUT2D eigenvalue weighted by atomic mass is 9.76. The first-order chi connectivity index (χ1) is 33.0. The first-order valence-electron chi connectivity index (χ1n) is 23.7. The van der Waals surface area contributed by atoms with Crippen molar-refractivity contribution in [2.24, 2.45) is 5.92 Å². The van der Waals surface area contributed by atoms with Crippen molar-refractivity contribution in [3.05, 3.63) is 251 Å². The predicted molar refractivity (Wildman–Crippen MR) is 300 cm³/mol. The minimum Gasteiger partial charge on any atom is -0.315 e. The maximum Gasteiger partial charge on any atom is 0.0707 e. The molecule has 10 rings (SSSR count). The minimum absolute atomic E-state index is 0.0410. The maximum atomic E-state index is 4.96. The third kappa shape index (κ3) is 6.80. The summed E-state index contributed by atoms with van der Waals surface area (Å²) < 4.78 is 4.69. The molecule has 3 heteroatoms. The first kappa shape index (κ1) is 44.9. The molecule has 2 nitrogen and oxygen atoms in total. The van der Waals surface area contributed by atoms with Gasteiger partial charge in [-0.1, -0.05) is 218 Å². The number of halogens is 1. The van der Waals surface area contributed by atoms with Crippen LogP contribution in [0.1, 0.15) is 48.8 Å². The Labute approximate surface area is 412 Å². The molecule has 9 aromatic rings. The van der Waals surface area contributed by atoms with E-state index in [9.17, 15) is 0 Å². The molecule has 0 saturated heterocycles. The van der Waals surface area contributed by atoms with Gasteiger partial charge in [-0.2, -0.15) is 0 Å². The molecule has 7 aromatic carbocycles. The van der Waals surface area contributed by atoms with E-state index in [1.807, 2.05) is 6.08 Å². The molecule has 0 aliphatic heterocycles. The van der Waals surface area contributed by atoms with E-state index in [1.54, 1.807) is 0 Å². The van der Waals surface area contributed by atoms with Gasteiger partial charge in [-0.3, -0.25) is 0 Å². The van der Waals surface area contributed by atoms with E-state index < -0.39 is 0 Å². The highest BCUT2D eigenvalue weighted by Crippen LogP contribution is 2.46. The van der Waals surface area contributed by atoms with Crippen molar-refractivity contribution >= 4 is 80.7 Å². The quantitative estimate of drug-likeness (QED) is 0.0680. The van der Waals surface area contributed by atoms with E-state index >= 15 is 0 Å². The van der Waals surface area contributed by atoms with Crippen LogP contribution < -0.4 is 31.3 Å². The monoisotopic (exact) mass is 992 g/mol. The number of nitrogens with zero attached hydrogens (tertiary/aromatic N) is 2. The van der Waals surface area contributed by atoms with Crippen molar-refractivity contribution in [2.45, 2.75) is 51.9 Å². The summed E-state index contributed by atoms with van der Waals surface area (Å²) in [5.41, 5.74) is 12.4. The van der Waals surface area contributed by atoms with Crippen LogP contribution >= 0.6 is 22.6 Å². The smallest absolute Gasteiger partial charge is 0.0707 e. The number of allylic oxidation sites excluding steroid dienone is 3. The van der Waals surface area contributed by atoms with Gasteiger partial charge in [-0.05, 0) is 119 Å². The molecule has 2 heterocycles. The van der Waals surface area contributed by atoms with Gasteiger partial charge in [0.15, 0.2) is 0 Å². The fourth-order valence-electron chi connectivity index (χ4n) is 11.4. The number of aromatic nitrogens is 2. The largest absolute Gasteiger partial charge is 0.315 e. The third-order valence-corrected chi connectivity index (χ3v) is 16.0. The van der Waals surface area contributed by atoms with Crippen LogP contribution in [0.3, 0.4) is 0 Å². The number of alkyl halides is 1. The molecule has 0 amide bonds. The summed E-state index contributed by atoms with van der Waals surface area (Å²) in [6.45, 7) is 29.8. The van der Waals surface area contributed by atoms with E-state index in [0.29, 0.717) is 0 Å². The zero-order valence-electron chi connectivity index (χ0n) is 40.2. The van der Waals surface area contributed by atoms with E-state index in [2.05, 4.69) is 257 Å². The predicted octanol–water partition coefficient (Wildman–Crippen LogP) is 11.9. The highest BCUT2D eigenvalue weighted by atomic mass is 127. The highest BCUT2D eigenvalue weighted by molar-refractivity contribution is 14.1. The SMILES string of the molecule is C=C/C=C\C1C(c2ccccc2)=c2ccccc2=C(n2c(C)c(C)c(=C/C)/c2=c2/cc/c(=c3/c(=C\C)c(C)c(C)n3-c3c4ccccc4c(-c4ccccc4)c4ccccc34)c(=C)c2=C)C1(C)I. The van der Waals surface area contributed by atoms with Gasteiger partial charge in [-0.25, -0.2) is 0 Å². The van der Waals surface area contributed by atoms with Crippen LogP contribution in [-0.2, 0) is 0 Å². The van der Waals surface area contributed by atoms with E-state index in [-0.39, 0.29) is 9.34 Å². The van der Waals surface area contributed by atoms with Gasteiger partial charge < -0.3 is 9.13 Å². The Bertz CT molecular complexity index is 4110. The Balaban J connectivity index is 1.39. The van der Waals surface area contributed by atoms with Crippen molar-refractivity contribution in [2.75, 3.05) is 0 Å². The molecule has 0 N–H and O–H groups in total. The molecule has 0 radical (unpaired) electrons. The Hall–Kier alpha value is -6.95. The second kappa shape index (κ2) is 17.6. The molecule has 1 aliphatic carbocycles. The van der Waals surface area contributed by atoms with Gasteiger partial charge in [0.2, 0.25) is 0 Å². The Morgan fingerprint density at radius 2 is 0.971 bits per heavy atom. The standard InChI is InChI=1S/C65H57IN2/c1-11-14-37-58-60(47-29-19-16-20-30-47)54-33-23-26-36-57(54)64(65(58,10)66)68-45(9)43(7)49(13-3)62(68)51-39-38-50(40(4)41(51)5)61-48(12-2)42(6)44(8)67(61)63-55-34-24-21-31-52(55)59(46-27-17-15-18-28-46)53-32-22-25-35-56(53)63/h11-39,58H,1,4-5H2,2-3,6-10H3/b37-14-,48-12-,49-13-,61-50+,62-51+.